The van der Waals surface area contributed by atoms with Crippen LogP contribution in [0.15, 0.2) is 42.6 Å². The van der Waals surface area contributed by atoms with Crippen molar-refractivity contribution in [2.75, 3.05) is 7.05 Å². The maximum atomic E-state index is 12.8. The first-order valence-corrected chi connectivity index (χ1v) is 7.86. The van der Waals surface area contributed by atoms with Gasteiger partial charge in [0.15, 0.2) is 11.6 Å². The average Bonchev–Trinajstić information content (AvgIpc) is 3.18. The summed E-state index contributed by atoms with van der Waals surface area (Å²) in [5.41, 5.74) is 1.84. The monoisotopic (exact) mass is 322 g/mol. The van der Waals surface area contributed by atoms with E-state index in [0.29, 0.717) is 18.8 Å². The first-order valence-electron chi connectivity index (χ1n) is 7.86. The Bertz CT molecular complexity index is 882. The molecule has 0 radical (unpaired) electrons. The highest BCUT2D eigenvalue weighted by atomic mass is 16.2. The Morgan fingerprint density at radius 3 is 2.62 bits per heavy atom. The van der Waals surface area contributed by atoms with Gasteiger partial charge in [0, 0.05) is 26.7 Å². The maximum Gasteiger partial charge on any atom is 0.246 e. The largest absolute Gasteiger partial charge is 0.336 e. The molecule has 0 unspecified atom stereocenters. The molecule has 1 aliphatic heterocycles. The van der Waals surface area contributed by atoms with Crippen LogP contribution in [0.5, 0.6) is 0 Å². The normalized spacial score (nSPS) is 17.2. The van der Waals surface area contributed by atoms with Gasteiger partial charge in [-0.3, -0.25) is 14.0 Å². The Morgan fingerprint density at radius 2 is 1.92 bits per heavy atom. The lowest BCUT2D eigenvalue weighted by molar-refractivity contribution is -0.135. The lowest BCUT2D eigenvalue weighted by Gasteiger charge is -2.31. The highest BCUT2D eigenvalue weighted by Crippen LogP contribution is 2.29. The molecule has 7 nitrogen and oxygen atoms in total. The Kier molecular flexibility index (Phi) is 3.41. The van der Waals surface area contributed by atoms with E-state index in [2.05, 4.69) is 15.3 Å². The van der Waals surface area contributed by atoms with E-state index in [9.17, 15) is 4.79 Å². The van der Waals surface area contributed by atoms with Crippen LogP contribution in [0.25, 0.3) is 11.5 Å². The van der Waals surface area contributed by atoms with E-state index in [1.165, 1.54) is 0 Å². The minimum absolute atomic E-state index is 0.0725. The van der Waals surface area contributed by atoms with Gasteiger partial charge in [-0.1, -0.05) is 30.3 Å². The van der Waals surface area contributed by atoms with Gasteiger partial charge in [-0.2, -0.15) is 5.10 Å². The van der Waals surface area contributed by atoms with Crippen LogP contribution in [0.3, 0.4) is 0 Å². The number of fused-ring (bicyclic) bond motifs is 1. The van der Waals surface area contributed by atoms with Crippen molar-refractivity contribution in [3.8, 4) is 11.5 Å². The molecule has 1 amide bonds. The maximum absolute atomic E-state index is 12.8. The molecule has 0 N–H and O–H groups in total. The van der Waals surface area contributed by atoms with E-state index >= 15 is 0 Å². The molecule has 1 aromatic carbocycles. The van der Waals surface area contributed by atoms with Crippen molar-refractivity contribution < 1.29 is 4.79 Å². The van der Waals surface area contributed by atoms with Crippen molar-refractivity contribution in [1.82, 2.24) is 29.4 Å². The first kappa shape index (κ1) is 14.6. The SMILES string of the molecule is CN1Cc2nnc(-c3ccn(C)n3)n2[C@H](Cc2ccccc2)C1=O. The van der Waals surface area contributed by atoms with Gasteiger partial charge in [0.2, 0.25) is 5.91 Å². The summed E-state index contributed by atoms with van der Waals surface area (Å²) in [6.07, 6.45) is 2.47. The van der Waals surface area contributed by atoms with Gasteiger partial charge in [-0.25, -0.2) is 0 Å². The van der Waals surface area contributed by atoms with Crippen LogP contribution in [-0.4, -0.2) is 42.4 Å². The first-order chi connectivity index (χ1) is 11.6. The number of hydrogen-bond acceptors (Lipinski definition) is 4. The molecule has 0 bridgehead atoms. The number of carbonyl (C=O) groups is 1. The van der Waals surface area contributed by atoms with Crippen molar-refractivity contribution in [2.24, 2.45) is 7.05 Å². The van der Waals surface area contributed by atoms with E-state index in [4.69, 9.17) is 0 Å². The molecule has 0 aliphatic carbocycles. The molecule has 0 fully saturated rings. The van der Waals surface area contributed by atoms with Gasteiger partial charge in [0.25, 0.3) is 0 Å². The summed E-state index contributed by atoms with van der Waals surface area (Å²) >= 11 is 0. The molecule has 7 heteroatoms. The topological polar surface area (TPSA) is 68.8 Å². The molecule has 4 rings (SSSR count). The van der Waals surface area contributed by atoms with E-state index in [1.54, 1.807) is 16.6 Å². The molecule has 2 aromatic heterocycles. The van der Waals surface area contributed by atoms with Gasteiger partial charge in [0.1, 0.15) is 11.7 Å². The zero-order chi connectivity index (χ0) is 16.7. The van der Waals surface area contributed by atoms with Crippen molar-refractivity contribution in [3.05, 3.63) is 54.0 Å². The van der Waals surface area contributed by atoms with Crippen LogP contribution in [0, 0.1) is 0 Å². The Labute approximate surface area is 139 Å². The third-order valence-electron chi connectivity index (χ3n) is 4.33. The van der Waals surface area contributed by atoms with Crippen molar-refractivity contribution in [3.63, 3.8) is 0 Å². The third-order valence-corrected chi connectivity index (χ3v) is 4.33. The fourth-order valence-electron chi connectivity index (χ4n) is 3.14. The summed E-state index contributed by atoms with van der Waals surface area (Å²) in [6, 6.07) is 11.5. The molecule has 3 aromatic rings. The Balaban J connectivity index is 1.80. The standard InChI is InChI=1S/C17H18N6O/c1-21-11-15-18-19-16(13-8-9-22(2)20-13)23(15)14(17(21)24)10-12-6-4-3-5-7-12/h3-9,14H,10-11H2,1-2H3/t14-/m1/s1. The summed E-state index contributed by atoms with van der Waals surface area (Å²) < 4.78 is 3.66. The summed E-state index contributed by atoms with van der Waals surface area (Å²) in [5, 5.41) is 13.0. The number of nitrogens with zero attached hydrogens (tertiary/aromatic N) is 6. The van der Waals surface area contributed by atoms with Crippen LogP contribution in [-0.2, 0) is 24.8 Å². The quantitative estimate of drug-likeness (QED) is 0.731. The number of carbonyl (C=O) groups excluding carboxylic acids is 1. The zero-order valence-electron chi connectivity index (χ0n) is 13.6. The number of likely N-dealkylation sites (N-methyl/N-ethyl adjacent to an activating group) is 1. The molecule has 122 valence electrons. The smallest absolute Gasteiger partial charge is 0.246 e. The second-order valence-corrected chi connectivity index (χ2v) is 6.08. The Hall–Kier alpha value is -2.96. The molecule has 0 saturated carbocycles. The van der Waals surface area contributed by atoms with Gasteiger partial charge in [-0.05, 0) is 11.6 Å². The zero-order valence-corrected chi connectivity index (χ0v) is 13.6. The van der Waals surface area contributed by atoms with Crippen LogP contribution >= 0.6 is 0 Å². The molecular formula is C17H18N6O. The number of amides is 1. The average molecular weight is 322 g/mol. The van der Waals surface area contributed by atoms with E-state index in [-0.39, 0.29) is 11.9 Å². The lowest BCUT2D eigenvalue weighted by Crippen LogP contribution is -2.41. The lowest BCUT2D eigenvalue weighted by atomic mass is 10.0. The fraction of sp³-hybridized carbons (Fsp3) is 0.294. The number of aromatic nitrogens is 5. The Morgan fingerprint density at radius 1 is 1.12 bits per heavy atom. The van der Waals surface area contributed by atoms with Crippen LogP contribution in [0.1, 0.15) is 17.4 Å². The number of hydrogen-bond donors (Lipinski definition) is 0. The number of benzene rings is 1. The van der Waals surface area contributed by atoms with Crippen LogP contribution in [0.4, 0.5) is 0 Å². The summed E-state index contributed by atoms with van der Waals surface area (Å²) in [7, 11) is 3.66. The fourth-order valence-corrected chi connectivity index (χ4v) is 3.14. The van der Waals surface area contributed by atoms with Crippen LogP contribution < -0.4 is 0 Å². The van der Waals surface area contributed by atoms with Gasteiger partial charge in [-0.15, -0.1) is 10.2 Å². The molecule has 0 saturated heterocycles. The number of rotatable bonds is 3. The second-order valence-electron chi connectivity index (χ2n) is 6.08. The molecule has 0 spiro atoms. The predicted octanol–water partition coefficient (Wildman–Crippen LogP) is 1.43. The minimum Gasteiger partial charge on any atom is -0.336 e. The molecule has 1 aliphatic rings. The van der Waals surface area contributed by atoms with Crippen molar-refractivity contribution >= 4 is 5.91 Å². The predicted molar refractivity (Wildman–Crippen MR) is 87.9 cm³/mol. The van der Waals surface area contributed by atoms with E-state index in [0.717, 1.165) is 17.1 Å². The van der Waals surface area contributed by atoms with Gasteiger partial charge in [0.05, 0.1) is 6.54 Å². The minimum atomic E-state index is -0.354. The highest BCUT2D eigenvalue weighted by molar-refractivity contribution is 5.82. The summed E-state index contributed by atoms with van der Waals surface area (Å²) in [5.74, 6) is 1.51. The van der Waals surface area contributed by atoms with E-state index in [1.807, 2.05) is 54.2 Å². The van der Waals surface area contributed by atoms with Crippen LogP contribution in [0.2, 0.25) is 0 Å². The molecular weight excluding hydrogens is 304 g/mol. The van der Waals surface area contributed by atoms with Crippen molar-refractivity contribution in [1.29, 1.82) is 0 Å². The highest BCUT2D eigenvalue weighted by Gasteiger charge is 2.35. The van der Waals surface area contributed by atoms with Gasteiger partial charge < -0.3 is 4.90 Å². The molecule has 1 atom stereocenters. The van der Waals surface area contributed by atoms with Crippen molar-refractivity contribution in [2.45, 2.75) is 19.0 Å². The molecule has 3 heterocycles. The van der Waals surface area contributed by atoms with E-state index < -0.39 is 0 Å². The third kappa shape index (κ3) is 2.38. The second kappa shape index (κ2) is 5.59. The van der Waals surface area contributed by atoms with Gasteiger partial charge >= 0.3 is 0 Å². The number of aryl methyl sites for hydroxylation is 1. The summed E-state index contributed by atoms with van der Waals surface area (Å²) in [4.78, 5) is 14.5. The summed E-state index contributed by atoms with van der Waals surface area (Å²) in [6.45, 7) is 0.462. The molecule has 24 heavy (non-hydrogen) atoms.